The molecular weight excluding hydrogens is 236 g/mol. The van der Waals surface area contributed by atoms with Crippen molar-refractivity contribution in [2.45, 2.75) is 51.9 Å². The molecule has 19 heavy (non-hydrogen) atoms. The summed E-state index contributed by atoms with van der Waals surface area (Å²) in [6.45, 7) is 5.89. The zero-order valence-electron chi connectivity index (χ0n) is 11.9. The van der Waals surface area contributed by atoms with Gasteiger partial charge >= 0.3 is 5.97 Å². The molecule has 0 fully saturated rings. The van der Waals surface area contributed by atoms with E-state index in [4.69, 9.17) is 4.74 Å². The smallest absolute Gasteiger partial charge is 0.311 e. The highest BCUT2D eigenvalue weighted by atomic mass is 16.5. The lowest BCUT2D eigenvalue weighted by molar-refractivity contribution is -0.134. The van der Waals surface area contributed by atoms with Crippen LogP contribution in [0.15, 0.2) is 30.8 Å². The fraction of sp³-hybridized carbons (Fsp3) is 0.471. The fourth-order valence-electron chi connectivity index (χ4n) is 1.90. The second-order valence-electron chi connectivity index (χ2n) is 4.76. The van der Waals surface area contributed by atoms with Gasteiger partial charge in [-0.15, -0.1) is 0 Å². The van der Waals surface area contributed by atoms with Gasteiger partial charge in [-0.05, 0) is 24.1 Å². The highest BCUT2D eigenvalue weighted by Crippen LogP contribution is 2.14. The first-order chi connectivity index (χ1) is 9.26. The van der Waals surface area contributed by atoms with Crippen molar-refractivity contribution in [2.24, 2.45) is 0 Å². The molecule has 0 radical (unpaired) electrons. The van der Waals surface area contributed by atoms with E-state index in [1.165, 1.54) is 25.7 Å². The zero-order chi connectivity index (χ0) is 13.9. The van der Waals surface area contributed by atoms with Crippen LogP contribution in [0, 0.1) is 0 Å². The Morgan fingerprint density at radius 3 is 2.37 bits per heavy atom. The van der Waals surface area contributed by atoms with Gasteiger partial charge in [-0.25, -0.2) is 0 Å². The van der Waals surface area contributed by atoms with E-state index in [0.29, 0.717) is 12.2 Å². The lowest BCUT2D eigenvalue weighted by Crippen LogP contribution is -2.07. The second kappa shape index (κ2) is 9.37. The van der Waals surface area contributed by atoms with E-state index in [1.807, 2.05) is 12.1 Å². The Bertz CT molecular complexity index is 379. The largest absolute Gasteiger partial charge is 0.427 e. The van der Waals surface area contributed by atoms with Crippen LogP contribution in [0.1, 0.15) is 57.4 Å². The van der Waals surface area contributed by atoms with Crippen LogP contribution in [0.3, 0.4) is 0 Å². The maximum Gasteiger partial charge on any atom is 0.311 e. The number of carbonyl (C=O) groups is 1. The third kappa shape index (κ3) is 6.80. The summed E-state index contributed by atoms with van der Waals surface area (Å²) in [5.74, 6) is 0.475. The summed E-state index contributed by atoms with van der Waals surface area (Å²) >= 11 is 0. The van der Waals surface area contributed by atoms with Crippen molar-refractivity contribution in [3.05, 3.63) is 36.4 Å². The van der Waals surface area contributed by atoms with Crippen molar-refractivity contribution >= 4 is 12.0 Å². The van der Waals surface area contributed by atoms with Crippen LogP contribution < -0.4 is 4.74 Å². The first-order valence-electron chi connectivity index (χ1n) is 7.19. The molecule has 1 aromatic carbocycles. The van der Waals surface area contributed by atoms with Gasteiger partial charge < -0.3 is 4.74 Å². The van der Waals surface area contributed by atoms with Crippen molar-refractivity contribution in [1.29, 1.82) is 0 Å². The van der Waals surface area contributed by atoms with E-state index < -0.39 is 0 Å². The zero-order valence-corrected chi connectivity index (χ0v) is 11.9. The highest BCUT2D eigenvalue weighted by molar-refractivity contribution is 5.72. The molecule has 2 nitrogen and oxygen atoms in total. The summed E-state index contributed by atoms with van der Waals surface area (Å²) < 4.78 is 5.27. The Balaban J connectivity index is 2.17. The number of hydrogen-bond donors (Lipinski definition) is 0. The van der Waals surface area contributed by atoms with E-state index in [1.54, 1.807) is 18.2 Å². The number of hydrogen-bond acceptors (Lipinski definition) is 2. The molecule has 0 unspecified atom stereocenters. The monoisotopic (exact) mass is 260 g/mol. The lowest BCUT2D eigenvalue weighted by atomic mass is 10.1. The van der Waals surface area contributed by atoms with Crippen LogP contribution in [0.4, 0.5) is 0 Å². The molecule has 1 aromatic rings. The van der Waals surface area contributed by atoms with E-state index in [0.717, 1.165) is 18.4 Å². The minimum absolute atomic E-state index is 0.137. The quantitative estimate of drug-likeness (QED) is 0.355. The maximum atomic E-state index is 11.6. The summed E-state index contributed by atoms with van der Waals surface area (Å²) in [6.07, 6.45) is 9.35. The van der Waals surface area contributed by atoms with Crippen LogP contribution in [0.25, 0.3) is 6.08 Å². The van der Waals surface area contributed by atoms with E-state index in [2.05, 4.69) is 13.5 Å². The summed E-state index contributed by atoms with van der Waals surface area (Å²) in [4.78, 5) is 11.6. The van der Waals surface area contributed by atoms with Crippen molar-refractivity contribution in [3.8, 4) is 5.75 Å². The number of esters is 1. The molecule has 0 bridgehead atoms. The van der Waals surface area contributed by atoms with Crippen LogP contribution in [-0.2, 0) is 4.79 Å². The molecule has 0 atom stereocenters. The molecule has 0 N–H and O–H groups in total. The number of ether oxygens (including phenoxy) is 1. The van der Waals surface area contributed by atoms with Crippen molar-refractivity contribution < 1.29 is 9.53 Å². The Kier molecular flexibility index (Phi) is 7.64. The number of unbranched alkanes of at least 4 members (excludes halogenated alkanes) is 5. The van der Waals surface area contributed by atoms with Crippen LogP contribution >= 0.6 is 0 Å². The molecule has 0 aliphatic carbocycles. The molecule has 1 rings (SSSR count). The standard InChI is InChI=1S/C17H24O2/c1-3-5-6-7-8-9-10-17(18)19-16-13-11-15(4-2)12-14-16/h4,11-14H,2-3,5-10H2,1H3. The van der Waals surface area contributed by atoms with Gasteiger partial charge in [-0.3, -0.25) is 4.79 Å². The lowest BCUT2D eigenvalue weighted by Gasteiger charge is -2.04. The summed E-state index contributed by atoms with van der Waals surface area (Å²) in [5.41, 5.74) is 1.02. The predicted octanol–water partition coefficient (Wildman–Crippen LogP) is 4.99. The third-order valence-corrected chi connectivity index (χ3v) is 3.08. The van der Waals surface area contributed by atoms with E-state index in [9.17, 15) is 4.79 Å². The molecule has 0 aromatic heterocycles. The van der Waals surface area contributed by atoms with Crippen LogP contribution in [0.2, 0.25) is 0 Å². The highest BCUT2D eigenvalue weighted by Gasteiger charge is 2.04. The molecule has 0 aliphatic rings. The van der Waals surface area contributed by atoms with Gasteiger partial charge in [-0.2, -0.15) is 0 Å². The van der Waals surface area contributed by atoms with Gasteiger partial charge in [0.1, 0.15) is 5.75 Å². The van der Waals surface area contributed by atoms with Crippen molar-refractivity contribution in [2.75, 3.05) is 0 Å². The van der Waals surface area contributed by atoms with Gasteiger partial charge in [-0.1, -0.05) is 63.8 Å². The molecule has 0 aliphatic heterocycles. The molecule has 2 heteroatoms. The Hall–Kier alpha value is -1.57. The molecule has 0 amide bonds. The first-order valence-corrected chi connectivity index (χ1v) is 7.19. The molecule has 0 spiro atoms. The molecule has 0 saturated heterocycles. The molecule has 0 saturated carbocycles. The van der Waals surface area contributed by atoms with Crippen LogP contribution in [0.5, 0.6) is 5.75 Å². The minimum atomic E-state index is -0.137. The SMILES string of the molecule is C=Cc1ccc(OC(=O)CCCCCCCC)cc1. The Morgan fingerprint density at radius 2 is 1.74 bits per heavy atom. The van der Waals surface area contributed by atoms with E-state index in [-0.39, 0.29) is 5.97 Å². The van der Waals surface area contributed by atoms with Gasteiger partial charge in [0.25, 0.3) is 0 Å². The number of carbonyl (C=O) groups excluding carboxylic acids is 1. The summed E-state index contributed by atoms with van der Waals surface area (Å²) in [5, 5.41) is 0. The van der Waals surface area contributed by atoms with Gasteiger partial charge in [0.15, 0.2) is 0 Å². The Labute approximate surface area is 116 Å². The van der Waals surface area contributed by atoms with E-state index >= 15 is 0 Å². The normalized spacial score (nSPS) is 10.2. The average molecular weight is 260 g/mol. The molecule has 0 heterocycles. The summed E-state index contributed by atoms with van der Waals surface area (Å²) in [6, 6.07) is 7.38. The van der Waals surface area contributed by atoms with Gasteiger partial charge in [0, 0.05) is 6.42 Å². The van der Waals surface area contributed by atoms with Crippen molar-refractivity contribution in [3.63, 3.8) is 0 Å². The van der Waals surface area contributed by atoms with Crippen LogP contribution in [-0.4, -0.2) is 5.97 Å². The predicted molar refractivity (Wildman–Crippen MR) is 80.2 cm³/mol. The fourth-order valence-corrected chi connectivity index (χ4v) is 1.90. The summed E-state index contributed by atoms with van der Waals surface area (Å²) in [7, 11) is 0. The second-order valence-corrected chi connectivity index (χ2v) is 4.76. The Morgan fingerprint density at radius 1 is 1.11 bits per heavy atom. The molecule has 104 valence electrons. The van der Waals surface area contributed by atoms with Gasteiger partial charge in [0.2, 0.25) is 0 Å². The first kappa shape index (κ1) is 15.5. The van der Waals surface area contributed by atoms with Crippen molar-refractivity contribution in [1.82, 2.24) is 0 Å². The average Bonchev–Trinajstić information content (AvgIpc) is 2.43. The van der Waals surface area contributed by atoms with Gasteiger partial charge in [0.05, 0.1) is 0 Å². The number of rotatable bonds is 9. The third-order valence-electron chi connectivity index (χ3n) is 3.08. The number of benzene rings is 1. The molecular formula is C17H24O2. The maximum absolute atomic E-state index is 11.6. The topological polar surface area (TPSA) is 26.3 Å². The minimum Gasteiger partial charge on any atom is -0.427 e.